The molecule has 0 bridgehead atoms. The highest BCUT2D eigenvalue weighted by Gasteiger charge is 2.20. The van der Waals surface area contributed by atoms with E-state index in [4.69, 9.17) is 0 Å². The fourth-order valence-corrected chi connectivity index (χ4v) is 2.69. The molecule has 1 aliphatic heterocycles. The van der Waals surface area contributed by atoms with Crippen LogP contribution in [0.1, 0.15) is 5.56 Å². The molecule has 0 atom stereocenters. The van der Waals surface area contributed by atoms with Crippen LogP contribution >= 0.6 is 0 Å². The molecule has 122 valence electrons. The topological polar surface area (TPSA) is 53.4 Å². The van der Waals surface area contributed by atoms with E-state index in [1.807, 2.05) is 48.6 Å². The van der Waals surface area contributed by atoms with Gasteiger partial charge in [-0.1, -0.05) is 17.7 Å². The molecular formula is C17H23N5O. The summed E-state index contributed by atoms with van der Waals surface area (Å²) in [6.45, 7) is 7.32. The molecule has 2 heterocycles. The summed E-state index contributed by atoms with van der Waals surface area (Å²) < 4.78 is 2.08. The van der Waals surface area contributed by atoms with Crippen molar-refractivity contribution in [2.24, 2.45) is 0 Å². The van der Waals surface area contributed by atoms with Gasteiger partial charge in [-0.3, -0.25) is 4.90 Å². The van der Waals surface area contributed by atoms with Crippen LogP contribution in [0.25, 0.3) is 0 Å². The van der Waals surface area contributed by atoms with E-state index in [1.54, 1.807) is 6.20 Å². The normalized spacial score (nSPS) is 15.6. The second kappa shape index (κ2) is 7.28. The maximum atomic E-state index is 12.3. The maximum Gasteiger partial charge on any atom is 0.321 e. The van der Waals surface area contributed by atoms with Crippen LogP contribution in [0.3, 0.4) is 0 Å². The zero-order valence-electron chi connectivity index (χ0n) is 13.5. The van der Waals surface area contributed by atoms with Crippen molar-refractivity contribution >= 4 is 11.7 Å². The Bertz CT molecular complexity index is 615. The Kier molecular flexibility index (Phi) is 4.92. The molecule has 3 rings (SSSR count). The molecule has 23 heavy (non-hydrogen) atoms. The highest BCUT2D eigenvalue weighted by atomic mass is 16.2. The zero-order valence-corrected chi connectivity index (χ0v) is 13.5. The van der Waals surface area contributed by atoms with E-state index in [1.165, 1.54) is 5.56 Å². The summed E-state index contributed by atoms with van der Waals surface area (Å²) in [7, 11) is 0. The third-order valence-corrected chi connectivity index (χ3v) is 4.20. The number of piperazine rings is 1. The van der Waals surface area contributed by atoms with Crippen molar-refractivity contribution < 1.29 is 4.79 Å². The molecule has 6 nitrogen and oxygen atoms in total. The first-order chi connectivity index (χ1) is 11.2. The van der Waals surface area contributed by atoms with Gasteiger partial charge in [-0.25, -0.2) is 9.78 Å². The predicted octanol–water partition coefficient (Wildman–Crippen LogP) is 2.04. The molecule has 1 aromatic carbocycles. The van der Waals surface area contributed by atoms with Gasteiger partial charge in [0.05, 0.1) is 6.33 Å². The quantitative estimate of drug-likeness (QED) is 0.940. The lowest BCUT2D eigenvalue weighted by Gasteiger charge is -2.34. The molecule has 2 amide bonds. The van der Waals surface area contributed by atoms with Gasteiger partial charge in [0.2, 0.25) is 0 Å². The molecule has 0 aliphatic carbocycles. The molecule has 1 N–H and O–H groups in total. The standard InChI is InChI=1S/C17H23N5O/c1-15-2-4-16(5-3-15)19-17(23)22-12-10-20(11-13-22)8-9-21-7-6-18-14-21/h2-7,14H,8-13H2,1H3,(H,19,23). The fraction of sp³-hybridized carbons (Fsp3) is 0.412. The summed E-state index contributed by atoms with van der Waals surface area (Å²) in [6.07, 6.45) is 5.61. The summed E-state index contributed by atoms with van der Waals surface area (Å²) in [6, 6.07) is 7.87. The average Bonchev–Trinajstić information content (AvgIpc) is 3.09. The van der Waals surface area contributed by atoms with Crippen LogP contribution in [0, 0.1) is 6.92 Å². The van der Waals surface area contributed by atoms with Crippen LogP contribution < -0.4 is 5.32 Å². The van der Waals surface area contributed by atoms with Crippen molar-refractivity contribution in [3.8, 4) is 0 Å². The number of amides is 2. The molecule has 1 aliphatic rings. The van der Waals surface area contributed by atoms with Crippen LogP contribution in [0.5, 0.6) is 0 Å². The minimum atomic E-state index is -0.0110. The van der Waals surface area contributed by atoms with Crippen LogP contribution in [0.15, 0.2) is 43.0 Å². The van der Waals surface area contributed by atoms with Gasteiger partial charge >= 0.3 is 6.03 Å². The Morgan fingerprint density at radius 3 is 2.52 bits per heavy atom. The molecule has 0 unspecified atom stereocenters. The van der Waals surface area contributed by atoms with E-state index in [-0.39, 0.29) is 6.03 Å². The summed E-state index contributed by atoms with van der Waals surface area (Å²) in [5, 5.41) is 2.96. The number of hydrogen-bond acceptors (Lipinski definition) is 3. The summed E-state index contributed by atoms with van der Waals surface area (Å²) >= 11 is 0. The lowest BCUT2D eigenvalue weighted by atomic mass is 10.2. The lowest BCUT2D eigenvalue weighted by molar-refractivity contribution is 0.144. The van der Waals surface area contributed by atoms with Gasteiger partial charge in [0.25, 0.3) is 0 Å². The Labute approximate surface area is 136 Å². The van der Waals surface area contributed by atoms with Gasteiger partial charge in [0.1, 0.15) is 0 Å². The largest absolute Gasteiger partial charge is 0.336 e. The number of aromatic nitrogens is 2. The minimum absolute atomic E-state index is 0.0110. The number of nitrogens with zero attached hydrogens (tertiary/aromatic N) is 4. The summed E-state index contributed by atoms with van der Waals surface area (Å²) in [5.41, 5.74) is 2.04. The third kappa shape index (κ3) is 4.32. The Morgan fingerprint density at radius 2 is 1.87 bits per heavy atom. The van der Waals surface area contributed by atoms with Gasteiger partial charge in [-0.2, -0.15) is 0 Å². The van der Waals surface area contributed by atoms with Gasteiger partial charge in [-0.15, -0.1) is 0 Å². The maximum absolute atomic E-state index is 12.3. The highest BCUT2D eigenvalue weighted by molar-refractivity contribution is 5.89. The Hall–Kier alpha value is -2.34. The number of rotatable bonds is 4. The number of imidazole rings is 1. The van der Waals surface area contributed by atoms with Crippen molar-refractivity contribution in [3.63, 3.8) is 0 Å². The number of carbonyl (C=O) groups is 1. The monoisotopic (exact) mass is 313 g/mol. The van der Waals surface area contributed by atoms with Crippen LogP contribution in [0.4, 0.5) is 10.5 Å². The number of anilines is 1. The van der Waals surface area contributed by atoms with Crippen molar-refractivity contribution in [1.82, 2.24) is 19.4 Å². The number of benzene rings is 1. The third-order valence-electron chi connectivity index (χ3n) is 4.20. The molecule has 0 radical (unpaired) electrons. The van der Waals surface area contributed by atoms with Gasteiger partial charge < -0.3 is 14.8 Å². The van der Waals surface area contributed by atoms with Crippen LogP contribution in [0.2, 0.25) is 0 Å². The highest BCUT2D eigenvalue weighted by Crippen LogP contribution is 2.11. The number of nitrogens with one attached hydrogen (secondary N) is 1. The SMILES string of the molecule is Cc1ccc(NC(=O)N2CCN(CCn3ccnc3)CC2)cc1. The molecule has 0 saturated carbocycles. The Morgan fingerprint density at radius 1 is 1.13 bits per heavy atom. The summed E-state index contributed by atoms with van der Waals surface area (Å²) in [5.74, 6) is 0. The van der Waals surface area contributed by atoms with E-state index in [0.717, 1.165) is 45.0 Å². The van der Waals surface area contributed by atoms with Crippen molar-refractivity contribution in [3.05, 3.63) is 48.5 Å². The van der Waals surface area contributed by atoms with E-state index in [2.05, 4.69) is 19.8 Å². The molecule has 1 saturated heterocycles. The number of aryl methyl sites for hydroxylation is 1. The number of hydrogen-bond donors (Lipinski definition) is 1. The molecular weight excluding hydrogens is 290 g/mol. The first kappa shape index (κ1) is 15.6. The fourth-order valence-electron chi connectivity index (χ4n) is 2.69. The molecule has 0 spiro atoms. The zero-order chi connectivity index (χ0) is 16.1. The van der Waals surface area contributed by atoms with Crippen LogP contribution in [-0.4, -0.2) is 58.1 Å². The lowest BCUT2D eigenvalue weighted by Crippen LogP contribution is -2.50. The number of urea groups is 1. The minimum Gasteiger partial charge on any atom is -0.336 e. The Balaban J connectivity index is 1.42. The van der Waals surface area contributed by atoms with E-state index >= 15 is 0 Å². The van der Waals surface area contributed by atoms with Gasteiger partial charge in [0, 0.05) is 57.3 Å². The second-order valence-corrected chi connectivity index (χ2v) is 5.93. The van der Waals surface area contributed by atoms with E-state index in [0.29, 0.717) is 0 Å². The number of carbonyl (C=O) groups excluding carboxylic acids is 1. The molecule has 1 fully saturated rings. The second-order valence-electron chi connectivity index (χ2n) is 5.93. The van der Waals surface area contributed by atoms with Crippen molar-refractivity contribution in [2.75, 3.05) is 38.0 Å². The molecule has 6 heteroatoms. The van der Waals surface area contributed by atoms with E-state index in [9.17, 15) is 4.79 Å². The average molecular weight is 313 g/mol. The molecule has 2 aromatic rings. The first-order valence-electron chi connectivity index (χ1n) is 8.01. The smallest absolute Gasteiger partial charge is 0.321 e. The van der Waals surface area contributed by atoms with Gasteiger partial charge in [0.15, 0.2) is 0 Å². The van der Waals surface area contributed by atoms with Crippen molar-refractivity contribution in [1.29, 1.82) is 0 Å². The van der Waals surface area contributed by atoms with Gasteiger partial charge in [-0.05, 0) is 19.1 Å². The van der Waals surface area contributed by atoms with E-state index < -0.39 is 0 Å². The first-order valence-corrected chi connectivity index (χ1v) is 8.01. The van der Waals surface area contributed by atoms with Crippen molar-refractivity contribution in [2.45, 2.75) is 13.5 Å². The predicted molar refractivity (Wildman–Crippen MR) is 90.4 cm³/mol. The van der Waals surface area contributed by atoms with Crippen LogP contribution in [-0.2, 0) is 6.54 Å². The summed E-state index contributed by atoms with van der Waals surface area (Å²) in [4.78, 5) is 20.6. The molecule has 1 aromatic heterocycles.